The van der Waals surface area contributed by atoms with E-state index < -0.39 is 0 Å². The van der Waals surface area contributed by atoms with Gasteiger partial charge in [-0.05, 0) is 42.2 Å². The Labute approximate surface area is 198 Å². The number of benzene rings is 2. The zero-order valence-electron chi connectivity index (χ0n) is 18.1. The number of amides is 2. The quantitative estimate of drug-likeness (QED) is 0.418. The van der Waals surface area contributed by atoms with Crippen LogP contribution in [0.5, 0.6) is 11.5 Å². The smallest absolute Gasteiger partial charge is 0.266 e. The van der Waals surface area contributed by atoms with Crippen LogP contribution in [0.3, 0.4) is 0 Å². The van der Waals surface area contributed by atoms with Crippen LogP contribution >= 0.6 is 24.0 Å². The highest BCUT2D eigenvalue weighted by atomic mass is 32.2. The summed E-state index contributed by atoms with van der Waals surface area (Å²) in [5.74, 6) is 1.06. The van der Waals surface area contributed by atoms with Crippen LogP contribution in [0.1, 0.15) is 24.0 Å². The van der Waals surface area contributed by atoms with Crippen LogP contribution in [0.2, 0.25) is 0 Å². The Morgan fingerprint density at radius 1 is 1.12 bits per heavy atom. The van der Waals surface area contributed by atoms with Crippen LogP contribution in [0.4, 0.5) is 0 Å². The number of thiocarbonyl (C=S) groups is 1. The Kier molecular flexibility index (Phi) is 8.70. The lowest BCUT2D eigenvalue weighted by atomic mass is 10.1. The average molecular weight is 471 g/mol. The average Bonchev–Trinajstić information content (AvgIpc) is 3.07. The van der Waals surface area contributed by atoms with Gasteiger partial charge < -0.3 is 14.8 Å². The van der Waals surface area contributed by atoms with Crippen LogP contribution in [0.15, 0.2) is 53.4 Å². The number of carbonyl (C=O) groups is 2. The van der Waals surface area contributed by atoms with Gasteiger partial charge in [0.15, 0.2) is 11.5 Å². The number of ether oxygens (including phenoxy) is 2. The first-order chi connectivity index (χ1) is 15.5. The largest absolute Gasteiger partial charge is 0.493 e. The van der Waals surface area contributed by atoms with Crippen LogP contribution in [-0.2, 0) is 16.0 Å². The van der Waals surface area contributed by atoms with Crippen molar-refractivity contribution in [3.63, 3.8) is 0 Å². The van der Waals surface area contributed by atoms with Crippen LogP contribution < -0.4 is 14.8 Å². The summed E-state index contributed by atoms with van der Waals surface area (Å²) in [6, 6.07) is 15.5. The SMILES string of the molecule is COc1ccc(/C=C2\SC(=S)N(CCCC(=O)NCCc3ccccc3)C2=O)cc1OC. The molecule has 32 heavy (non-hydrogen) atoms. The van der Waals surface area contributed by atoms with E-state index in [0.717, 1.165) is 12.0 Å². The maximum absolute atomic E-state index is 12.8. The van der Waals surface area contributed by atoms with Gasteiger partial charge in [-0.1, -0.05) is 60.4 Å². The molecule has 2 aromatic rings. The topological polar surface area (TPSA) is 67.9 Å². The standard InChI is InChI=1S/C24H26N2O4S2/c1-29-19-11-10-18(15-20(19)30-2)16-21-23(28)26(24(31)32-21)14-6-9-22(27)25-13-12-17-7-4-3-5-8-17/h3-5,7-8,10-11,15-16H,6,9,12-14H2,1-2H3,(H,25,27)/b21-16-. The third-order valence-electron chi connectivity index (χ3n) is 4.94. The molecule has 2 aromatic carbocycles. The fraction of sp³-hybridized carbons (Fsp3) is 0.292. The first-order valence-electron chi connectivity index (χ1n) is 10.3. The highest BCUT2D eigenvalue weighted by Crippen LogP contribution is 2.34. The second-order valence-electron chi connectivity index (χ2n) is 7.14. The van der Waals surface area contributed by atoms with Gasteiger partial charge >= 0.3 is 0 Å². The van der Waals surface area contributed by atoms with Gasteiger partial charge in [0.05, 0.1) is 19.1 Å². The van der Waals surface area contributed by atoms with E-state index in [1.807, 2.05) is 42.5 Å². The molecule has 1 aliphatic heterocycles. The number of thioether (sulfide) groups is 1. The molecule has 6 nitrogen and oxygen atoms in total. The molecule has 0 atom stereocenters. The van der Waals surface area contributed by atoms with E-state index in [1.54, 1.807) is 31.3 Å². The fourth-order valence-electron chi connectivity index (χ4n) is 3.26. The number of hydrogen-bond acceptors (Lipinski definition) is 6. The van der Waals surface area contributed by atoms with Crippen molar-refractivity contribution >= 4 is 46.2 Å². The Morgan fingerprint density at radius 2 is 1.88 bits per heavy atom. The highest BCUT2D eigenvalue weighted by Gasteiger charge is 2.31. The Balaban J connectivity index is 1.48. The monoisotopic (exact) mass is 470 g/mol. The highest BCUT2D eigenvalue weighted by molar-refractivity contribution is 8.26. The zero-order valence-corrected chi connectivity index (χ0v) is 19.8. The lowest BCUT2D eigenvalue weighted by Crippen LogP contribution is -2.31. The summed E-state index contributed by atoms with van der Waals surface area (Å²) in [7, 11) is 3.14. The summed E-state index contributed by atoms with van der Waals surface area (Å²) in [4.78, 5) is 27.0. The van der Waals surface area contributed by atoms with Crippen molar-refractivity contribution in [2.24, 2.45) is 0 Å². The molecule has 1 saturated heterocycles. The molecule has 168 valence electrons. The second-order valence-corrected chi connectivity index (χ2v) is 8.81. The van der Waals surface area contributed by atoms with Crippen LogP contribution in [0, 0.1) is 0 Å². The molecule has 0 aromatic heterocycles. The number of methoxy groups -OCH3 is 2. The molecule has 0 spiro atoms. The molecule has 3 rings (SSSR count). The first-order valence-corrected chi connectivity index (χ1v) is 11.5. The molecule has 1 fully saturated rings. The molecule has 0 bridgehead atoms. The molecule has 0 aliphatic carbocycles. The predicted molar refractivity (Wildman–Crippen MR) is 132 cm³/mol. The summed E-state index contributed by atoms with van der Waals surface area (Å²) in [5.41, 5.74) is 2.01. The van der Waals surface area contributed by atoms with E-state index in [0.29, 0.717) is 46.7 Å². The van der Waals surface area contributed by atoms with Gasteiger partial charge in [0.1, 0.15) is 4.32 Å². The van der Waals surface area contributed by atoms with Gasteiger partial charge in [-0.25, -0.2) is 0 Å². The number of rotatable bonds is 10. The van der Waals surface area contributed by atoms with E-state index in [-0.39, 0.29) is 11.8 Å². The summed E-state index contributed by atoms with van der Waals surface area (Å²) in [6.07, 6.45) is 3.48. The van der Waals surface area contributed by atoms with Gasteiger partial charge in [-0.3, -0.25) is 14.5 Å². The van der Waals surface area contributed by atoms with Gasteiger partial charge in [-0.15, -0.1) is 0 Å². The lowest BCUT2D eigenvalue weighted by Gasteiger charge is -2.14. The molecular weight excluding hydrogens is 444 g/mol. The Hall–Kier alpha value is -2.84. The summed E-state index contributed by atoms with van der Waals surface area (Å²) in [6.45, 7) is 1.01. The van der Waals surface area contributed by atoms with Crippen molar-refractivity contribution in [3.8, 4) is 11.5 Å². The zero-order chi connectivity index (χ0) is 22.9. The molecule has 1 N–H and O–H groups in total. The molecule has 0 radical (unpaired) electrons. The molecule has 2 amide bonds. The summed E-state index contributed by atoms with van der Waals surface area (Å²) in [5, 5.41) is 2.93. The molecule has 8 heteroatoms. The van der Waals surface area contributed by atoms with Crippen molar-refractivity contribution in [3.05, 3.63) is 64.6 Å². The number of hydrogen-bond donors (Lipinski definition) is 1. The van der Waals surface area contributed by atoms with Crippen molar-refractivity contribution in [1.29, 1.82) is 0 Å². The maximum Gasteiger partial charge on any atom is 0.266 e. The minimum absolute atomic E-state index is 0.0211. The lowest BCUT2D eigenvalue weighted by molar-refractivity contribution is -0.123. The van der Waals surface area contributed by atoms with E-state index in [1.165, 1.54) is 17.3 Å². The predicted octanol–water partition coefficient (Wildman–Crippen LogP) is 4.04. The van der Waals surface area contributed by atoms with Crippen molar-refractivity contribution in [2.45, 2.75) is 19.3 Å². The van der Waals surface area contributed by atoms with Gasteiger partial charge in [0, 0.05) is 19.5 Å². The first kappa shape index (κ1) is 23.8. The van der Waals surface area contributed by atoms with E-state index in [4.69, 9.17) is 21.7 Å². The fourth-order valence-corrected chi connectivity index (χ4v) is 4.57. The van der Waals surface area contributed by atoms with Crippen molar-refractivity contribution < 1.29 is 19.1 Å². The van der Waals surface area contributed by atoms with Gasteiger partial charge in [-0.2, -0.15) is 0 Å². The minimum atomic E-state index is -0.140. The normalized spacial score (nSPS) is 14.7. The summed E-state index contributed by atoms with van der Waals surface area (Å²) < 4.78 is 11.1. The van der Waals surface area contributed by atoms with E-state index in [9.17, 15) is 9.59 Å². The molecule has 0 unspecified atom stereocenters. The number of nitrogens with one attached hydrogen (secondary N) is 1. The van der Waals surface area contributed by atoms with E-state index in [2.05, 4.69) is 5.32 Å². The van der Waals surface area contributed by atoms with Crippen molar-refractivity contribution in [1.82, 2.24) is 10.2 Å². The summed E-state index contributed by atoms with van der Waals surface area (Å²) >= 11 is 6.65. The van der Waals surface area contributed by atoms with Crippen molar-refractivity contribution in [2.75, 3.05) is 27.3 Å². The van der Waals surface area contributed by atoms with Gasteiger partial charge in [0.2, 0.25) is 5.91 Å². The van der Waals surface area contributed by atoms with Crippen LogP contribution in [-0.4, -0.2) is 48.3 Å². The second kappa shape index (κ2) is 11.7. The molecule has 1 heterocycles. The molecular formula is C24H26N2O4S2. The maximum atomic E-state index is 12.8. The minimum Gasteiger partial charge on any atom is -0.493 e. The number of carbonyl (C=O) groups excluding carboxylic acids is 2. The van der Waals surface area contributed by atoms with Gasteiger partial charge in [0.25, 0.3) is 5.91 Å². The Morgan fingerprint density at radius 3 is 2.59 bits per heavy atom. The molecule has 1 aliphatic rings. The third kappa shape index (κ3) is 6.34. The Bertz CT molecular complexity index is 1010. The molecule has 0 saturated carbocycles. The van der Waals surface area contributed by atoms with E-state index >= 15 is 0 Å². The third-order valence-corrected chi connectivity index (χ3v) is 6.32. The van der Waals surface area contributed by atoms with Crippen LogP contribution in [0.25, 0.3) is 6.08 Å². The number of nitrogens with zero attached hydrogens (tertiary/aromatic N) is 1.